The lowest BCUT2D eigenvalue weighted by Crippen LogP contribution is -2.24. The molecule has 1 atom stereocenters. The number of hydrogen-bond acceptors (Lipinski definition) is 5. The SMILES string of the molecule is CCC(C)NCc1ccc(OCc2c(C)noc2C)c(OC)c1. The molecule has 1 unspecified atom stereocenters. The molecule has 5 nitrogen and oxygen atoms in total. The van der Waals surface area contributed by atoms with Gasteiger partial charge in [-0.15, -0.1) is 0 Å². The van der Waals surface area contributed by atoms with Gasteiger partial charge >= 0.3 is 0 Å². The number of hydrogen-bond donors (Lipinski definition) is 1. The highest BCUT2D eigenvalue weighted by molar-refractivity contribution is 5.43. The largest absolute Gasteiger partial charge is 0.493 e. The van der Waals surface area contributed by atoms with E-state index >= 15 is 0 Å². The van der Waals surface area contributed by atoms with Crippen molar-refractivity contribution in [1.29, 1.82) is 0 Å². The highest BCUT2D eigenvalue weighted by Crippen LogP contribution is 2.29. The van der Waals surface area contributed by atoms with Crippen molar-refractivity contribution < 1.29 is 14.0 Å². The minimum absolute atomic E-state index is 0.419. The Bertz CT molecular complexity index is 618. The molecule has 0 bridgehead atoms. The van der Waals surface area contributed by atoms with Crippen molar-refractivity contribution >= 4 is 0 Å². The number of nitrogens with zero attached hydrogens (tertiary/aromatic N) is 1. The normalized spacial score (nSPS) is 12.2. The van der Waals surface area contributed by atoms with E-state index in [1.807, 2.05) is 26.0 Å². The van der Waals surface area contributed by atoms with Crippen LogP contribution in [0.3, 0.4) is 0 Å². The van der Waals surface area contributed by atoms with Crippen molar-refractivity contribution in [2.75, 3.05) is 7.11 Å². The fraction of sp³-hybridized carbons (Fsp3) is 0.500. The van der Waals surface area contributed by atoms with Crippen molar-refractivity contribution in [3.63, 3.8) is 0 Å². The third-order valence-corrected chi connectivity index (χ3v) is 4.05. The molecule has 0 radical (unpaired) electrons. The summed E-state index contributed by atoms with van der Waals surface area (Å²) in [6, 6.07) is 6.51. The van der Waals surface area contributed by atoms with Gasteiger partial charge in [0.15, 0.2) is 11.5 Å². The van der Waals surface area contributed by atoms with Gasteiger partial charge in [0.1, 0.15) is 12.4 Å². The molecule has 0 aliphatic heterocycles. The average Bonchev–Trinajstić information content (AvgIpc) is 2.89. The minimum Gasteiger partial charge on any atom is -0.493 e. The standard InChI is InChI=1S/C18H26N2O3/c1-6-12(2)19-10-15-7-8-17(18(9-15)21-5)22-11-16-13(3)20-23-14(16)4/h7-9,12,19H,6,10-11H2,1-5H3. The molecule has 1 aromatic carbocycles. The Morgan fingerprint density at radius 3 is 2.65 bits per heavy atom. The predicted octanol–water partition coefficient (Wildman–Crippen LogP) is 3.77. The zero-order valence-corrected chi connectivity index (χ0v) is 14.6. The molecule has 1 heterocycles. The maximum absolute atomic E-state index is 5.89. The van der Waals surface area contributed by atoms with E-state index in [4.69, 9.17) is 14.0 Å². The first kappa shape index (κ1) is 17.3. The zero-order chi connectivity index (χ0) is 16.8. The molecule has 0 amide bonds. The lowest BCUT2D eigenvalue weighted by atomic mass is 10.1. The van der Waals surface area contributed by atoms with E-state index < -0.39 is 0 Å². The maximum Gasteiger partial charge on any atom is 0.161 e. The predicted molar refractivity (Wildman–Crippen MR) is 89.9 cm³/mol. The fourth-order valence-corrected chi connectivity index (χ4v) is 2.24. The van der Waals surface area contributed by atoms with Crippen LogP contribution in [0.25, 0.3) is 0 Å². The number of aryl methyl sites for hydroxylation is 2. The molecule has 0 aliphatic carbocycles. The Hall–Kier alpha value is -2.01. The number of nitrogens with one attached hydrogen (secondary N) is 1. The molecule has 1 aromatic heterocycles. The number of rotatable bonds is 8. The van der Waals surface area contributed by atoms with Crippen molar-refractivity contribution in [1.82, 2.24) is 10.5 Å². The summed E-state index contributed by atoms with van der Waals surface area (Å²) in [6.45, 7) is 9.38. The van der Waals surface area contributed by atoms with E-state index in [9.17, 15) is 0 Å². The van der Waals surface area contributed by atoms with Crippen LogP contribution in [0.2, 0.25) is 0 Å². The lowest BCUT2D eigenvalue weighted by Gasteiger charge is -2.14. The van der Waals surface area contributed by atoms with Crippen LogP contribution in [0.5, 0.6) is 11.5 Å². The van der Waals surface area contributed by atoms with Crippen LogP contribution in [-0.2, 0) is 13.2 Å². The Balaban J connectivity index is 2.04. The van der Waals surface area contributed by atoms with Crippen molar-refractivity contribution in [3.8, 4) is 11.5 Å². The highest BCUT2D eigenvalue weighted by atomic mass is 16.5. The summed E-state index contributed by atoms with van der Waals surface area (Å²) in [5, 5.41) is 7.41. The van der Waals surface area contributed by atoms with Crippen LogP contribution in [0.1, 0.15) is 42.8 Å². The zero-order valence-electron chi connectivity index (χ0n) is 14.6. The smallest absolute Gasteiger partial charge is 0.161 e. The molecule has 1 N–H and O–H groups in total. The summed E-state index contributed by atoms with van der Waals surface area (Å²) in [6.07, 6.45) is 1.11. The summed E-state index contributed by atoms with van der Waals surface area (Å²) in [4.78, 5) is 0. The number of benzene rings is 1. The molecule has 0 saturated heterocycles. The van der Waals surface area contributed by atoms with Gasteiger partial charge < -0.3 is 19.3 Å². The molecule has 0 aliphatic rings. The molecule has 0 spiro atoms. The molecule has 5 heteroatoms. The second kappa shape index (κ2) is 8.02. The van der Waals surface area contributed by atoms with Gasteiger partial charge in [-0.3, -0.25) is 0 Å². The second-order valence-electron chi connectivity index (χ2n) is 5.77. The van der Waals surface area contributed by atoms with Crippen LogP contribution in [0, 0.1) is 13.8 Å². The number of ether oxygens (including phenoxy) is 2. The summed E-state index contributed by atoms with van der Waals surface area (Å²) in [7, 11) is 1.66. The van der Waals surface area contributed by atoms with E-state index in [1.54, 1.807) is 7.11 Å². The first-order chi connectivity index (χ1) is 11.0. The Morgan fingerprint density at radius 1 is 1.26 bits per heavy atom. The molecule has 126 valence electrons. The van der Waals surface area contributed by atoms with E-state index in [-0.39, 0.29) is 0 Å². The Labute approximate surface area is 138 Å². The third kappa shape index (κ3) is 4.48. The van der Waals surface area contributed by atoms with Crippen LogP contribution < -0.4 is 14.8 Å². The average molecular weight is 318 g/mol. The molecule has 23 heavy (non-hydrogen) atoms. The number of methoxy groups -OCH3 is 1. The molecule has 2 aromatic rings. The monoisotopic (exact) mass is 318 g/mol. The molecule has 2 rings (SSSR count). The Morgan fingerprint density at radius 2 is 2.04 bits per heavy atom. The van der Waals surface area contributed by atoms with E-state index in [0.29, 0.717) is 12.6 Å². The van der Waals surface area contributed by atoms with Crippen molar-refractivity contribution in [2.45, 2.75) is 53.3 Å². The first-order valence-electron chi connectivity index (χ1n) is 8.00. The van der Waals surface area contributed by atoms with Crippen molar-refractivity contribution in [3.05, 3.63) is 40.8 Å². The molecule has 0 fully saturated rings. The minimum atomic E-state index is 0.419. The van der Waals surface area contributed by atoms with Gasteiger partial charge in [-0.25, -0.2) is 0 Å². The lowest BCUT2D eigenvalue weighted by molar-refractivity contribution is 0.281. The molecule has 0 saturated carbocycles. The van der Waals surface area contributed by atoms with E-state index in [0.717, 1.165) is 41.5 Å². The van der Waals surface area contributed by atoms with Crippen LogP contribution in [-0.4, -0.2) is 18.3 Å². The summed E-state index contributed by atoms with van der Waals surface area (Å²) in [5.74, 6) is 2.25. The molecular formula is C18H26N2O3. The quantitative estimate of drug-likeness (QED) is 0.803. The topological polar surface area (TPSA) is 56.5 Å². The van der Waals surface area contributed by atoms with E-state index in [1.165, 1.54) is 5.56 Å². The van der Waals surface area contributed by atoms with Gasteiger partial charge in [-0.1, -0.05) is 18.1 Å². The Kier molecular flexibility index (Phi) is 6.04. The maximum atomic E-state index is 5.89. The first-order valence-corrected chi connectivity index (χ1v) is 8.00. The summed E-state index contributed by atoms with van der Waals surface area (Å²) in [5.41, 5.74) is 3.01. The number of aromatic nitrogens is 1. The van der Waals surface area contributed by atoms with Gasteiger partial charge in [0.25, 0.3) is 0 Å². The van der Waals surface area contributed by atoms with E-state index in [2.05, 4.69) is 30.4 Å². The van der Waals surface area contributed by atoms with Crippen molar-refractivity contribution in [2.24, 2.45) is 0 Å². The molecular weight excluding hydrogens is 292 g/mol. The van der Waals surface area contributed by atoms with Gasteiger partial charge in [0.2, 0.25) is 0 Å². The van der Waals surface area contributed by atoms with Crippen LogP contribution in [0.4, 0.5) is 0 Å². The third-order valence-electron chi connectivity index (χ3n) is 4.05. The van der Waals surface area contributed by atoms with Gasteiger partial charge in [-0.2, -0.15) is 0 Å². The van der Waals surface area contributed by atoms with Crippen LogP contribution in [0.15, 0.2) is 22.7 Å². The van der Waals surface area contributed by atoms with Crippen LogP contribution >= 0.6 is 0 Å². The summed E-state index contributed by atoms with van der Waals surface area (Å²) >= 11 is 0. The highest BCUT2D eigenvalue weighted by Gasteiger charge is 2.12. The summed E-state index contributed by atoms with van der Waals surface area (Å²) < 4.78 is 16.5. The van der Waals surface area contributed by atoms with Gasteiger partial charge in [0.05, 0.1) is 18.4 Å². The van der Waals surface area contributed by atoms with Gasteiger partial charge in [-0.05, 0) is 44.9 Å². The second-order valence-corrected chi connectivity index (χ2v) is 5.77. The van der Waals surface area contributed by atoms with Gasteiger partial charge in [0, 0.05) is 12.6 Å². The fourth-order valence-electron chi connectivity index (χ4n) is 2.24.